The summed E-state index contributed by atoms with van der Waals surface area (Å²) in [7, 11) is 0. The number of aromatic nitrogens is 1. The van der Waals surface area contributed by atoms with Gasteiger partial charge < -0.3 is 30.6 Å². The van der Waals surface area contributed by atoms with E-state index in [-0.39, 0.29) is 18.4 Å². The number of aliphatic imine (C=N–C) groups is 1. The van der Waals surface area contributed by atoms with Gasteiger partial charge >= 0.3 is 5.97 Å². The lowest BCUT2D eigenvalue weighted by molar-refractivity contribution is -0.139. The molecule has 1 aromatic heterocycles. The van der Waals surface area contributed by atoms with Crippen molar-refractivity contribution in [3.05, 3.63) is 40.2 Å². The van der Waals surface area contributed by atoms with Crippen molar-refractivity contribution in [2.24, 2.45) is 10.7 Å². The van der Waals surface area contributed by atoms with Gasteiger partial charge in [0, 0.05) is 36.9 Å². The van der Waals surface area contributed by atoms with Gasteiger partial charge in [-0.05, 0) is 19.4 Å². The molecule has 1 amide bonds. The summed E-state index contributed by atoms with van der Waals surface area (Å²) in [6.07, 6.45) is 4.15. The molecular formula is C19H24N6O3S. The van der Waals surface area contributed by atoms with Gasteiger partial charge in [0.2, 0.25) is 0 Å². The minimum absolute atomic E-state index is 0.0746. The summed E-state index contributed by atoms with van der Waals surface area (Å²) in [6.45, 7) is 4.01. The standard InChI is InChI=1S/C19H24N6O3S/c1-2-28-19(27)12-4-6-25(9-14(12)20)18(26)15-10-24(7-8-29-15)17-13-3-5-21-16(13)22-11-23-17/h3,5,10,21-22H,2,4,6-9,11,20H2,1H3. The maximum atomic E-state index is 13.1. The normalized spacial score (nSPS) is 19.2. The number of nitrogens with two attached hydrogens (primary N) is 1. The number of nitrogens with one attached hydrogen (secondary N) is 2. The van der Waals surface area contributed by atoms with E-state index < -0.39 is 0 Å². The van der Waals surface area contributed by atoms with Gasteiger partial charge in [0.05, 0.1) is 29.2 Å². The number of amidine groups is 1. The molecule has 10 heteroatoms. The van der Waals surface area contributed by atoms with E-state index >= 15 is 0 Å². The number of carbonyl (C=O) groups excluding carboxylic acids is 2. The lowest BCUT2D eigenvalue weighted by atomic mass is 10.1. The molecular weight excluding hydrogens is 392 g/mol. The Morgan fingerprint density at radius 2 is 2.24 bits per heavy atom. The van der Waals surface area contributed by atoms with Crippen LogP contribution in [0.2, 0.25) is 0 Å². The van der Waals surface area contributed by atoms with Crippen molar-refractivity contribution in [3.63, 3.8) is 0 Å². The molecule has 9 nitrogen and oxygen atoms in total. The van der Waals surface area contributed by atoms with Crippen LogP contribution < -0.4 is 11.1 Å². The molecule has 154 valence electrons. The molecule has 1 aromatic rings. The van der Waals surface area contributed by atoms with Gasteiger partial charge in [-0.2, -0.15) is 0 Å². The van der Waals surface area contributed by atoms with Gasteiger partial charge in [0.15, 0.2) is 0 Å². The average Bonchev–Trinajstić information content (AvgIpc) is 3.22. The quantitative estimate of drug-likeness (QED) is 0.631. The number of ether oxygens (including phenoxy) is 1. The average molecular weight is 417 g/mol. The van der Waals surface area contributed by atoms with Crippen molar-refractivity contribution in [2.45, 2.75) is 13.3 Å². The van der Waals surface area contributed by atoms with Gasteiger partial charge in [-0.15, -0.1) is 11.8 Å². The van der Waals surface area contributed by atoms with Gasteiger partial charge in [-0.25, -0.2) is 9.79 Å². The summed E-state index contributed by atoms with van der Waals surface area (Å²) in [6, 6.07) is 1.98. The maximum Gasteiger partial charge on any atom is 0.335 e. The van der Waals surface area contributed by atoms with E-state index in [0.29, 0.717) is 42.4 Å². The summed E-state index contributed by atoms with van der Waals surface area (Å²) in [5.41, 5.74) is 7.95. The molecule has 4 rings (SSSR count). The Bertz CT molecular complexity index is 919. The van der Waals surface area contributed by atoms with E-state index in [9.17, 15) is 9.59 Å². The fourth-order valence-electron chi connectivity index (χ4n) is 3.58. The minimum Gasteiger partial charge on any atom is -0.463 e. The highest BCUT2D eigenvalue weighted by Crippen LogP contribution is 2.29. The molecule has 0 aromatic carbocycles. The second-order valence-corrected chi connectivity index (χ2v) is 7.96. The summed E-state index contributed by atoms with van der Waals surface area (Å²) in [5, 5.41) is 3.20. The highest BCUT2D eigenvalue weighted by molar-refractivity contribution is 8.04. The first-order chi connectivity index (χ1) is 14.1. The predicted octanol–water partition coefficient (Wildman–Crippen LogP) is 1.04. The second kappa shape index (κ2) is 8.24. The van der Waals surface area contributed by atoms with Crippen LogP contribution in [0.25, 0.3) is 0 Å². The zero-order chi connectivity index (χ0) is 20.4. The van der Waals surface area contributed by atoms with Crippen LogP contribution in [-0.2, 0) is 14.3 Å². The molecule has 0 saturated heterocycles. The SMILES string of the molecule is CCOC(=O)C1=C(N)CN(C(=O)C2=CN(C3=NCNc4[nH]ccc43)CCS2)CC1. The number of hydrogen-bond acceptors (Lipinski definition) is 8. The molecule has 3 aliphatic rings. The highest BCUT2D eigenvalue weighted by Gasteiger charge is 2.30. The minimum atomic E-state index is -0.388. The molecule has 29 heavy (non-hydrogen) atoms. The monoisotopic (exact) mass is 416 g/mol. The number of hydrogen-bond donors (Lipinski definition) is 3. The van der Waals surface area contributed by atoms with Crippen LogP contribution in [-0.4, -0.2) is 71.2 Å². The van der Waals surface area contributed by atoms with Crippen LogP contribution in [0, 0.1) is 0 Å². The fraction of sp³-hybridized carbons (Fsp3) is 0.421. The van der Waals surface area contributed by atoms with E-state index in [0.717, 1.165) is 29.5 Å². The Morgan fingerprint density at radius 3 is 3.03 bits per heavy atom. The van der Waals surface area contributed by atoms with E-state index in [1.807, 2.05) is 23.4 Å². The van der Waals surface area contributed by atoms with Crippen molar-refractivity contribution >= 4 is 35.3 Å². The van der Waals surface area contributed by atoms with Crippen molar-refractivity contribution < 1.29 is 14.3 Å². The van der Waals surface area contributed by atoms with Gasteiger partial charge in [-0.1, -0.05) is 0 Å². The largest absolute Gasteiger partial charge is 0.463 e. The second-order valence-electron chi connectivity index (χ2n) is 6.82. The van der Waals surface area contributed by atoms with E-state index in [4.69, 9.17) is 10.5 Å². The third kappa shape index (κ3) is 3.84. The van der Waals surface area contributed by atoms with Gasteiger partial charge in [-0.3, -0.25) is 4.79 Å². The molecule has 0 bridgehead atoms. The van der Waals surface area contributed by atoms with Crippen LogP contribution in [0.3, 0.4) is 0 Å². The number of amides is 1. The predicted molar refractivity (Wildman–Crippen MR) is 112 cm³/mol. The third-order valence-electron chi connectivity index (χ3n) is 5.01. The number of H-pyrrole nitrogens is 1. The molecule has 0 atom stereocenters. The Kier molecular flexibility index (Phi) is 5.52. The van der Waals surface area contributed by atoms with Crippen LogP contribution in [0.15, 0.2) is 39.6 Å². The molecule has 0 spiro atoms. The number of esters is 1. The summed E-state index contributed by atoms with van der Waals surface area (Å²) in [5.74, 6) is 2.12. The van der Waals surface area contributed by atoms with E-state index in [1.54, 1.807) is 11.8 Å². The van der Waals surface area contributed by atoms with E-state index in [2.05, 4.69) is 15.3 Å². The smallest absolute Gasteiger partial charge is 0.335 e. The molecule has 0 aliphatic carbocycles. The number of nitrogens with zero attached hydrogens (tertiary/aromatic N) is 3. The molecule has 0 fully saturated rings. The first-order valence-corrected chi connectivity index (χ1v) is 10.6. The Hall–Kier alpha value is -2.88. The molecule has 0 saturated carbocycles. The summed E-state index contributed by atoms with van der Waals surface area (Å²) < 4.78 is 5.04. The first kappa shape index (κ1) is 19.4. The number of fused-ring (bicyclic) bond motifs is 1. The number of thioether (sulfide) groups is 1. The summed E-state index contributed by atoms with van der Waals surface area (Å²) >= 11 is 1.53. The van der Waals surface area contributed by atoms with Gasteiger partial charge in [0.25, 0.3) is 5.91 Å². The van der Waals surface area contributed by atoms with Crippen LogP contribution in [0.5, 0.6) is 0 Å². The Labute approximate surface area is 173 Å². The first-order valence-electron chi connectivity index (χ1n) is 9.59. The highest BCUT2D eigenvalue weighted by atomic mass is 32.2. The number of rotatable bonds is 3. The Morgan fingerprint density at radius 1 is 1.38 bits per heavy atom. The zero-order valence-corrected chi connectivity index (χ0v) is 17.1. The number of anilines is 1. The molecule has 4 N–H and O–H groups in total. The zero-order valence-electron chi connectivity index (χ0n) is 16.2. The van der Waals surface area contributed by atoms with Crippen molar-refractivity contribution in [1.29, 1.82) is 0 Å². The van der Waals surface area contributed by atoms with Crippen LogP contribution in [0.1, 0.15) is 18.9 Å². The maximum absolute atomic E-state index is 13.1. The van der Waals surface area contributed by atoms with Crippen molar-refractivity contribution in [3.8, 4) is 0 Å². The fourth-order valence-corrected chi connectivity index (χ4v) is 4.54. The molecule has 0 radical (unpaired) electrons. The molecule has 0 unspecified atom stereocenters. The Balaban J connectivity index is 1.49. The number of aromatic amines is 1. The van der Waals surface area contributed by atoms with Crippen molar-refractivity contribution in [2.75, 3.05) is 44.0 Å². The lowest BCUT2D eigenvalue weighted by Gasteiger charge is -2.32. The van der Waals surface area contributed by atoms with Crippen LogP contribution >= 0.6 is 11.8 Å². The van der Waals surface area contributed by atoms with E-state index in [1.165, 1.54) is 11.8 Å². The number of carbonyl (C=O) groups is 2. The summed E-state index contributed by atoms with van der Waals surface area (Å²) in [4.78, 5) is 37.2. The van der Waals surface area contributed by atoms with Crippen LogP contribution in [0.4, 0.5) is 5.82 Å². The van der Waals surface area contributed by atoms with Gasteiger partial charge in [0.1, 0.15) is 18.3 Å². The third-order valence-corrected chi connectivity index (χ3v) is 5.99. The molecule has 4 heterocycles. The van der Waals surface area contributed by atoms with Crippen molar-refractivity contribution in [1.82, 2.24) is 14.8 Å². The molecule has 3 aliphatic heterocycles. The topological polar surface area (TPSA) is 116 Å². The lowest BCUT2D eigenvalue weighted by Crippen LogP contribution is -2.42.